The first kappa shape index (κ1) is 13.1. The Morgan fingerprint density at radius 1 is 1.31 bits per heavy atom. The van der Waals surface area contributed by atoms with Crippen molar-refractivity contribution in [3.8, 4) is 0 Å². The highest BCUT2D eigenvalue weighted by molar-refractivity contribution is 5.21. The summed E-state index contributed by atoms with van der Waals surface area (Å²) in [5, 5.41) is 0. The van der Waals surface area contributed by atoms with E-state index in [1.165, 1.54) is 0 Å². The number of aryl methyl sites for hydroxylation is 1. The van der Waals surface area contributed by atoms with Crippen molar-refractivity contribution in [2.45, 2.75) is 26.6 Å². The zero-order chi connectivity index (χ0) is 12.0. The predicted octanol–water partition coefficient (Wildman–Crippen LogP) is 1.57. The summed E-state index contributed by atoms with van der Waals surface area (Å²) in [6.07, 6.45) is 1.74. The molecule has 1 aromatic rings. The van der Waals surface area contributed by atoms with Gasteiger partial charge in [-0.05, 0) is 32.9 Å². The average Bonchev–Trinajstić information content (AvgIpc) is 2.28. The van der Waals surface area contributed by atoms with Gasteiger partial charge >= 0.3 is 0 Å². The Kier molecular flexibility index (Phi) is 4.86. The van der Waals surface area contributed by atoms with Crippen molar-refractivity contribution in [1.29, 1.82) is 0 Å². The third kappa shape index (κ3) is 2.78. The van der Waals surface area contributed by atoms with E-state index < -0.39 is 5.79 Å². The van der Waals surface area contributed by atoms with Crippen molar-refractivity contribution in [2.24, 2.45) is 5.73 Å². The van der Waals surface area contributed by atoms with Crippen molar-refractivity contribution in [1.82, 2.24) is 4.98 Å². The number of hydrogen-bond acceptors (Lipinski definition) is 4. The lowest BCUT2D eigenvalue weighted by atomic mass is 10.1. The van der Waals surface area contributed by atoms with Gasteiger partial charge in [0.05, 0.1) is 6.54 Å². The fourth-order valence-corrected chi connectivity index (χ4v) is 1.69. The molecule has 1 heterocycles. The van der Waals surface area contributed by atoms with Crippen molar-refractivity contribution in [3.05, 3.63) is 29.6 Å². The van der Waals surface area contributed by atoms with Crippen LogP contribution in [0.4, 0.5) is 0 Å². The molecule has 0 saturated heterocycles. The van der Waals surface area contributed by atoms with Crippen LogP contribution >= 0.6 is 0 Å². The molecule has 1 rings (SSSR count). The first-order valence-corrected chi connectivity index (χ1v) is 5.59. The molecule has 0 spiro atoms. The van der Waals surface area contributed by atoms with E-state index in [0.29, 0.717) is 13.2 Å². The van der Waals surface area contributed by atoms with Gasteiger partial charge in [-0.15, -0.1) is 0 Å². The molecular weight excluding hydrogens is 204 g/mol. The number of ether oxygens (including phenoxy) is 2. The third-order valence-corrected chi connectivity index (χ3v) is 2.36. The highest BCUT2D eigenvalue weighted by Crippen LogP contribution is 2.26. The molecule has 4 heteroatoms. The molecule has 0 amide bonds. The average molecular weight is 224 g/mol. The summed E-state index contributed by atoms with van der Waals surface area (Å²) in [7, 11) is 0. The molecule has 4 nitrogen and oxygen atoms in total. The molecule has 0 saturated carbocycles. The molecule has 1 aromatic heterocycles. The molecular formula is C12H20N2O2. The Morgan fingerprint density at radius 3 is 2.38 bits per heavy atom. The van der Waals surface area contributed by atoms with E-state index in [4.69, 9.17) is 15.2 Å². The lowest BCUT2D eigenvalue weighted by Gasteiger charge is -2.32. The highest BCUT2D eigenvalue weighted by atomic mass is 16.7. The van der Waals surface area contributed by atoms with Crippen LogP contribution in [-0.2, 0) is 15.3 Å². The molecule has 0 bridgehead atoms. The van der Waals surface area contributed by atoms with Crippen molar-refractivity contribution in [2.75, 3.05) is 19.8 Å². The minimum absolute atomic E-state index is 0.290. The number of nitrogens with zero attached hydrogens (tertiary/aromatic N) is 1. The van der Waals surface area contributed by atoms with Gasteiger partial charge < -0.3 is 15.2 Å². The lowest BCUT2D eigenvalue weighted by Crippen LogP contribution is -2.41. The maximum atomic E-state index is 5.79. The second-order valence-electron chi connectivity index (χ2n) is 3.51. The molecule has 16 heavy (non-hydrogen) atoms. The van der Waals surface area contributed by atoms with Gasteiger partial charge in [0.15, 0.2) is 0 Å². The quantitative estimate of drug-likeness (QED) is 0.745. The van der Waals surface area contributed by atoms with Crippen LogP contribution in [0.1, 0.15) is 25.1 Å². The number of nitrogens with two attached hydrogens (primary N) is 1. The second-order valence-corrected chi connectivity index (χ2v) is 3.51. The van der Waals surface area contributed by atoms with Crippen LogP contribution in [0.3, 0.4) is 0 Å². The monoisotopic (exact) mass is 224 g/mol. The molecule has 0 aliphatic carbocycles. The van der Waals surface area contributed by atoms with E-state index >= 15 is 0 Å². The fraction of sp³-hybridized carbons (Fsp3) is 0.583. The Hall–Kier alpha value is -0.970. The highest BCUT2D eigenvalue weighted by Gasteiger charge is 2.32. The minimum Gasteiger partial charge on any atom is -0.345 e. The van der Waals surface area contributed by atoms with E-state index in [0.717, 1.165) is 11.3 Å². The van der Waals surface area contributed by atoms with Gasteiger partial charge in [-0.2, -0.15) is 0 Å². The van der Waals surface area contributed by atoms with E-state index in [-0.39, 0.29) is 6.54 Å². The van der Waals surface area contributed by atoms with Crippen LogP contribution in [0.25, 0.3) is 0 Å². The van der Waals surface area contributed by atoms with Gasteiger partial charge in [-0.3, -0.25) is 4.98 Å². The largest absolute Gasteiger partial charge is 0.345 e. The van der Waals surface area contributed by atoms with Crippen molar-refractivity contribution in [3.63, 3.8) is 0 Å². The molecule has 0 aromatic carbocycles. The minimum atomic E-state index is -0.836. The van der Waals surface area contributed by atoms with Crippen molar-refractivity contribution < 1.29 is 9.47 Å². The van der Waals surface area contributed by atoms with Crippen LogP contribution in [0, 0.1) is 6.92 Å². The first-order chi connectivity index (χ1) is 7.68. The van der Waals surface area contributed by atoms with E-state index in [2.05, 4.69) is 4.98 Å². The second kappa shape index (κ2) is 5.94. The number of rotatable bonds is 6. The lowest BCUT2D eigenvalue weighted by molar-refractivity contribution is -0.235. The van der Waals surface area contributed by atoms with E-state index in [1.54, 1.807) is 6.20 Å². The number of aromatic nitrogens is 1. The van der Waals surface area contributed by atoms with Gasteiger partial charge in [0.2, 0.25) is 5.79 Å². The standard InChI is InChI=1S/C12H20N2O2/c1-4-15-12(9-13,16-5-2)11-6-7-14-10(3)8-11/h6-8H,4-5,9,13H2,1-3H3. The van der Waals surface area contributed by atoms with Crippen LogP contribution < -0.4 is 5.73 Å². The topological polar surface area (TPSA) is 57.4 Å². The van der Waals surface area contributed by atoms with Crippen molar-refractivity contribution >= 4 is 0 Å². The molecule has 2 N–H and O–H groups in total. The fourth-order valence-electron chi connectivity index (χ4n) is 1.69. The van der Waals surface area contributed by atoms with Gasteiger partial charge in [0, 0.05) is 30.7 Å². The molecule has 0 aliphatic rings. The van der Waals surface area contributed by atoms with Gasteiger partial charge in [-0.1, -0.05) is 0 Å². The Balaban J connectivity index is 3.07. The zero-order valence-corrected chi connectivity index (χ0v) is 10.2. The van der Waals surface area contributed by atoms with Crippen LogP contribution in [-0.4, -0.2) is 24.7 Å². The Bertz CT molecular complexity index is 323. The van der Waals surface area contributed by atoms with Gasteiger partial charge in [0.1, 0.15) is 0 Å². The number of pyridine rings is 1. The Labute approximate surface area is 96.8 Å². The predicted molar refractivity (Wildman–Crippen MR) is 63.0 cm³/mol. The third-order valence-electron chi connectivity index (χ3n) is 2.36. The summed E-state index contributed by atoms with van der Waals surface area (Å²) < 4.78 is 11.4. The maximum Gasteiger partial charge on any atom is 0.207 e. The first-order valence-electron chi connectivity index (χ1n) is 5.59. The molecule has 0 unspecified atom stereocenters. The summed E-state index contributed by atoms with van der Waals surface area (Å²) in [6, 6.07) is 3.82. The molecule has 90 valence electrons. The van der Waals surface area contributed by atoms with Gasteiger partial charge in [0.25, 0.3) is 0 Å². The Morgan fingerprint density at radius 2 is 1.94 bits per heavy atom. The smallest absolute Gasteiger partial charge is 0.207 e. The van der Waals surface area contributed by atoms with Crippen LogP contribution in [0.15, 0.2) is 18.3 Å². The van der Waals surface area contributed by atoms with Crippen LogP contribution in [0.2, 0.25) is 0 Å². The summed E-state index contributed by atoms with van der Waals surface area (Å²) in [5.74, 6) is -0.836. The SMILES string of the molecule is CCOC(CN)(OCC)c1ccnc(C)c1. The molecule has 0 aliphatic heterocycles. The zero-order valence-electron chi connectivity index (χ0n) is 10.2. The molecule has 0 fully saturated rings. The van der Waals surface area contributed by atoms with Crippen LogP contribution in [0.5, 0.6) is 0 Å². The summed E-state index contributed by atoms with van der Waals surface area (Å²) >= 11 is 0. The van der Waals surface area contributed by atoms with Gasteiger partial charge in [-0.25, -0.2) is 0 Å². The maximum absolute atomic E-state index is 5.79. The van der Waals surface area contributed by atoms with E-state index in [1.807, 2.05) is 32.9 Å². The number of hydrogen-bond donors (Lipinski definition) is 1. The summed E-state index contributed by atoms with van der Waals surface area (Å²) in [4.78, 5) is 4.16. The summed E-state index contributed by atoms with van der Waals surface area (Å²) in [6.45, 7) is 7.19. The van der Waals surface area contributed by atoms with E-state index in [9.17, 15) is 0 Å². The molecule has 0 atom stereocenters. The molecule has 0 radical (unpaired) electrons. The summed E-state index contributed by atoms with van der Waals surface area (Å²) in [5.41, 5.74) is 7.64. The normalized spacial score (nSPS) is 11.8.